The molecule has 1 saturated carbocycles. The van der Waals surface area contributed by atoms with E-state index in [-0.39, 0.29) is 34.2 Å². The Morgan fingerprint density at radius 1 is 0.441 bits per heavy atom. The van der Waals surface area contributed by atoms with Crippen molar-refractivity contribution in [2.75, 3.05) is 0 Å². The Kier molecular flexibility index (Phi) is 15.5. The fourth-order valence-corrected chi connectivity index (χ4v) is 28.8. The molecule has 5 aromatic carbocycles. The molecule has 0 unspecified atom stereocenters. The Balaban J connectivity index is 1.74. The van der Waals surface area contributed by atoms with E-state index in [9.17, 15) is 34.8 Å². The van der Waals surface area contributed by atoms with Gasteiger partial charge in [0.05, 0.1) is 0 Å². The molecule has 0 bridgehead atoms. The van der Waals surface area contributed by atoms with E-state index in [1.165, 1.54) is 74.1 Å². The molecule has 1 aliphatic carbocycles. The van der Waals surface area contributed by atoms with Gasteiger partial charge in [-0.2, -0.15) is 39.5 Å². The zero-order chi connectivity index (χ0) is 50.3. The number of carbonyl (C=O) groups excluding carboxylic acids is 2. The number of benzene rings is 5. The van der Waals surface area contributed by atoms with Crippen molar-refractivity contribution in [1.82, 2.24) is 0 Å². The minimum absolute atomic E-state index is 0.0877. The second kappa shape index (κ2) is 19.7. The number of halogens is 9. The van der Waals surface area contributed by atoms with Crippen molar-refractivity contribution in [2.24, 2.45) is 0 Å². The van der Waals surface area contributed by atoms with Crippen LogP contribution in [-0.2, 0) is 29.5 Å². The Bertz CT molecular complexity index is 2760. The smallest absolute Gasteiger partial charge is 0.295 e. The van der Waals surface area contributed by atoms with Gasteiger partial charge >= 0.3 is 19.3 Å². The molecular weight excluding hydrogens is 1050 g/mol. The zero-order valence-corrected chi connectivity index (χ0v) is 40.8. The molecule has 0 atom stereocenters. The standard InChI is InChI=1S/C44H37F9O8S7/c1-28(54)30-8-12-33(13-9-30)63-36-18-24-39(25-19-36)65(38-22-16-35(17-23-38)62-32-6-4-3-5-7-32,40-26-20-37(21-27-40)64-34-14-10-31(11-15-34)29(2)55)44(66(56,57)41(45,46)47,67(58,59)42(48,49)50)68(60,61)43(51,52)53/h3-15,18-21,24-27,35,38H,16-17,22-23H2,1-2H3. The van der Waals surface area contributed by atoms with Crippen LogP contribution in [-0.4, -0.2) is 66.6 Å². The number of rotatable bonds is 15. The first-order valence-corrected chi connectivity index (χ1v) is 28.4. The maximum Gasteiger partial charge on any atom is 0.500 e. The van der Waals surface area contributed by atoms with Crippen molar-refractivity contribution < 1.29 is 74.4 Å². The largest absolute Gasteiger partial charge is 0.500 e. The first-order chi connectivity index (χ1) is 31.5. The molecule has 0 amide bonds. The maximum absolute atomic E-state index is 15.5. The Hall–Kier alpha value is -3.94. The summed E-state index contributed by atoms with van der Waals surface area (Å²) in [7, 11) is -32.2. The van der Waals surface area contributed by atoms with Crippen LogP contribution in [0, 0.1) is 0 Å². The number of Topliss-reactive ketones (excluding diaryl/α,β-unsaturated/α-hetero) is 2. The molecule has 1 aliphatic rings. The Morgan fingerprint density at radius 2 is 0.750 bits per heavy atom. The number of hydrogen-bond acceptors (Lipinski definition) is 11. The van der Waals surface area contributed by atoms with Crippen LogP contribution in [0.15, 0.2) is 162 Å². The number of carbonyl (C=O) groups is 2. The molecule has 0 aliphatic heterocycles. The zero-order valence-electron chi connectivity index (χ0n) is 35.1. The number of sulfone groups is 3. The third-order valence-electron chi connectivity index (χ3n) is 10.8. The third-order valence-corrected chi connectivity index (χ3v) is 30.6. The van der Waals surface area contributed by atoms with Crippen LogP contribution in [0.25, 0.3) is 0 Å². The van der Waals surface area contributed by atoms with Crippen molar-refractivity contribution in [3.05, 3.63) is 139 Å². The van der Waals surface area contributed by atoms with Crippen molar-refractivity contribution in [2.45, 2.75) is 104 Å². The highest BCUT2D eigenvalue weighted by atomic mass is 32.4. The SMILES string of the molecule is CC(=O)c1ccc(Sc2ccc(S(c3ccc(Sc4ccc(C(C)=O)cc4)cc3)(C3CCC(Sc4ccccc4)CC3)C(S(=O)(=O)C(F)(F)F)(S(=O)(=O)C(F)(F)F)S(=O)(=O)C(F)(F)F)cc2)cc1. The molecule has 0 aromatic heterocycles. The van der Waals surface area contributed by atoms with Gasteiger partial charge in [-0.25, -0.2) is 25.3 Å². The molecule has 0 heterocycles. The summed E-state index contributed by atoms with van der Waals surface area (Å²) in [6.45, 7) is 2.59. The van der Waals surface area contributed by atoms with Gasteiger partial charge in [-0.05, 0) is 134 Å². The van der Waals surface area contributed by atoms with E-state index in [0.29, 0.717) is 50.1 Å². The number of ketones is 2. The normalized spacial score (nSPS) is 17.1. The van der Waals surface area contributed by atoms with Crippen molar-refractivity contribution >= 4 is 86.4 Å². The molecule has 366 valence electrons. The predicted octanol–water partition coefficient (Wildman–Crippen LogP) is 13.1. The van der Waals surface area contributed by atoms with E-state index in [1.54, 1.807) is 30.3 Å². The number of thioether (sulfide) groups is 1. The van der Waals surface area contributed by atoms with Crippen LogP contribution in [0.1, 0.15) is 60.2 Å². The fourth-order valence-electron chi connectivity index (χ4n) is 7.82. The van der Waals surface area contributed by atoms with Gasteiger partial charge in [0.1, 0.15) is 0 Å². The summed E-state index contributed by atoms with van der Waals surface area (Å²) in [6, 6.07) is 26.6. The fraction of sp³-hybridized carbons (Fsp3) is 0.273. The summed E-state index contributed by atoms with van der Waals surface area (Å²) in [5.41, 5.74) is -21.6. The van der Waals surface area contributed by atoms with Gasteiger partial charge in [-0.1, -0.05) is 66.0 Å². The molecule has 8 nitrogen and oxygen atoms in total. The minimum atomic E-state index is -8.74. The van der Waals surface area contributed by atoms with Crippen LogP contribution in [0.2, 0.25) is 0 Å². The average molecular weight is 1090 g/mol. The van der Waals surface area contributed by atoms with E-state index >= 15 is 39.5 Å². The van der Waals surface area contributed by atoms with Gasteiger partial charge in [0, 0.05) is 46.1 Å². The predicted molar refractivity (Wildman–Crippen MR) is 244 cm³/mol. The van der Waals surface area contributed by atoms with E-state index < -0.39 is 91.9 Å². The second-order valence-electron chi connectivity index (χ2n) is 15.1. The molecule has 0 spiro atoms. The molecule has 0 saturated heterocycles. The lowest BCUT2D eigenvalue weighted by atomic mass is 10.00. The highest BCUT2D eigenvalue weighted by molar-refractivity contribution is 8.56. The molecule has 1 fully saturated rings. The van der Waals surface area contributed by atoms with Crippen LogP contribution >= 0.6 is 45.3 Å². The summed E-state index contributed by atoms with van der Waals surface area (Å²) < 4.78 is 219. The van der Waals surface area contributed by atoms with E-state index in [0.717, 1.165) is 47.8 Å². The summed E-state index contributed by atoms with van der Waals surface area (Å²) in [5, 5.41) is -2.80. The Labute approximate surface area is 400 Å². The first kappa shape index (κ1) is 53.4. The van der Waals surface area contributed by atoms with E-state index in [2.05, 4.69) is 0 Å². The molecule has 6 rings (SSSR count). The third kappa shape index (κ3) is 9.62. The summed E-state index contributed by atoms with van der Waals surface area (Å²) in [5.74, 6) is -0.597. The van der Waals surface area contributed by atoms with Crippen molar-refractivity contribution in [1.29, 1.82) is 0 Å². The summed E-state index contributed by atoms with van der Waals surface area (Å²) in [6.07, 6.45) is -2.00. The van der Waals surface area contributed by atoms with E-state index in [1.807, 2.05) is 0 Å². The highest BCUT2D eigenvalue weighted by Gasteiger charge is 2.89. The maximum atomic E-state index is 15.5. The molecular formula is C44H37F9O8S7. The molecule has 68 heavy (non-hydrogen) atoms. The van der Waals surface area contributed by atoms with Crippen LogP contribution in [0.3, 0.4) is 0 Å². The second-order valence-corrected chi connectivity index (χ2v) is 30.2. The molecule has 0 radical (unpaired) electrons. The van der Waals surface area contributed by atoms with Gasteiger partial charge in [-0.3, -0.25) is 9.59 Å². The van der Waals surface area contributed by atoms with Gasteiger partial charge in [0.25, 0.3) is 29.5 Å². The monoisotopic (exact) mass is 1090 g/mol. The van der Waals surface area contributed by atoms with Crippen LogP contribution in [0.4, 0.5) is 39.5 Å². The first-order valence-electron chi connectivity index (χ1n) is 19.8. The molecule has 24 heteroatoms. The van der Waals surface area contributed by atoms with Crippen molar-refractivity contribution in [3.8, 4) is 0 Å². The lowest BCUT2D eigenvalue weighted by Crippen LogP contribution is -2.67. The lowest BCUT2D eigenvalue weighted by molar-refractivity contribution is -0.0498. The van der Waals surface area contributed by atoms with Crippen LogP contribution < -0.4 is 0 Å². The average Bonchev–Trinajstić information content (AvgIpc) is 3.26. The number of alkyl halides is 9. The van der Waals surface area contributed by atoms with Crippen molar-refractivity contribution in [3.63, 3.8) is 0 Å². The van der Waals surface area contributed by atoms with E-state index in [4.69, 9.17) is 0 Å². The minimum Gasteiger partial charge on any atom is -0.295 e. The summed E-state index contributed by atoms with van der Waals surface area (Å²) in [4.78, 5) is 23.0. The molecule has 5 aromatic rings. The number of hydrogen-bond donors (Lipinski definition) is 0. The Morgan fingerprint density at radius 3 is 1.04 bits per heavy atom. The van der Waals surface area contributed by atoms with Gasteiger partial charge in [0.2, 0.25) is 0 Å². The van der Waals surface area contributed by atoms with Gasteiger partial charge in [-0.15, -0.1) is 21.8 Å². The summed E-state index contributed by atoms with van der Waals surface area (Å²) >= 11 is 2.95. The van der Waals surface area contributed by atoms with Gasteiger partial charge in [0.15, 0.2) is 11.6 Å². The van der Waals surface area contributed by atoms with Gasteiger partial charge < -0.3 is 0 Å². The lowest BCUT2D eigenvalue weighted by Gasteiger charge is -2.57. The van der Waals surface area contributed by atoms with Crippen LogP contribution in [0.5, 0.6) is 0 Å². The topological polar surface area (TPSA) is 137 Å². The highest BCUT2D eigenvalue weighted by Crippen LogP contribution is 2.82. The quantitative estimate of drug-likeness (QED) is 0.0732. The molecule has 0 N–H and O–H groups in total.